The van der Waals surface area contributed by atoms with E-state index >= 15 is 0 Å². The van der Waals surface area contributed by atoms with Crippen LogP contribution in [0.3, 0.4) is 0 Å². The van der Waals surface area contributed by atoms with Crippen molar-refractivity contribution in [3.63, 3.8) is 0 Å². The van der Waals surface area contributed by atoms with E-state index in [4.69, 9.17) is 9.72 Å². The predicted molar refractivity (Wildman–Crippen MR) is 93.7 cm³/mol. The number of ether oxygens (including phenoxy) is 1. The summed E-state index contributed by atoms with van der Waals surface area (Å²) in [5.74, 6) is -1.68. The van der Waals surface area contributed by atoms with Crippen LogP contribution < -0.4 is 10.2 Å². The van der Waals surface area contributed by atoms with E-state index in [0.717, 1.165) is 48.6 Å². The number of pyridine rings is 1. The van der Waals surface area contributed by atoms with E-state index in [1.165, 1.54) is 0 Å². The number of nitrogens with zero attached hydrogens (tertiary/aromatic N) is 2. The van der Waals surface area contributed by atoms with Crippen molar-refractivity contribution in [1.82, 2.24) is 10.3 Å². The Hall–Kier alpha value is -1.76. The lowest BCUT2D eigenvalue weighted by Crippen LogP contribution is -2.39. The van der Waals surface area contributed by atoms with Crippen molar-refractivity contribution in [2.75, 3.05) is 24.6 Å². The number of hydrogen-bond donors (Lipinski definition) is 1. The Morgan fingerprint density at radius 1 is 1.27 bits per heavy atom. The fraction of sp³-hybridized carbons (Fsp3) is 0.684. The van der Waals surface area contributed by atoms with E-state index < -0.39 is 11.3 Å². The smallest absolute Gasteiger partial charge is 0.256 e. The van der Waals surface area contributed by atoms with Crippen LogP contribution in [0.4, 0.5) is 14.6 Å². The number of hydrogen-bond acceptors (Lipinski definition) is 4. The monoisotopic (exact) mass is 365 g/mol. The van der Waals surface area contributed by atoms with Crippen molar-refractivity contribution in [1.29, 1.82) is 0 Å². The number of halogens is 2. The van der Waals surface area contributed by atoms with Gasteiger partial charge in [-0.1, -0.05) is 6.92 Å². The standard InChI is InChI=1S/C19H25F2N3O2/c1-11-12(2)16(23-14-8-22-17(25)15(11)14)24-6-4-13(5-7-24)26-10-18(3)9-19(18,20)21/h13H,4-10H2,1-3H3,(H,22,25)/t18-/m1/s1. The first-order valence-electron chi connectivity index (χ1n) is 9.24. The van der Waals surface area contributed by atoms with E-state index in [0.29, 0.717) is 12.1 Å². The molecule has 1 N–H and O–H groups in total. The Labute approximate surface area is 152 Å². The van der Waals surface area contributed by atoms with E-state index in [1.54, 1.807) is 6.92 Å². The summed E-state index contributed by atoms with van der Waals surface area (Å²) >= 11 is 0. The molecule has 0 aromatic carbocycles. The van der Waals surface area contributed by atoms with Crippen molar-refractivity contribution in [3.05, 3.63) is 22.4 Å². The van der Waals surface area contributed by atoms with Gasteiger partial charge in [-0.05, 0) is 37.8 Å². The quantitative estimate of drug-likeness (QED) is 0.891. The molecule has 1 saturated carbocycles. The van der Waals surface area contributed by atoms with Gasteiger partial charge in [0.2, 0.25) is 0 Å². The van der Waals surface area contributed by atoms with E-state index in [-0.39, 0.29) is 25.0 Å². The third-order valence-corrected chi connectivity index (χ3v) is 6.20. The minimum absolute atomic E-state index is 0.0264. The summed E-state index contributed by atoms with van der Waals surface area (Å²) in [5.41, 5.74) is 2.57. The molecule has 0 bridgehead atoms. The molecule has 1 atom stereocenters. The second-order valence-corrected chi connectivity index (χ2v) is 8.13. The van der Waals surface area contributed by atoms with Gasteiger partial charge in [-0.25, -0.2) is 13.8 Å². The zero-order valence-electron chi connectivity index (χ0n) is 15.5. The summed E-state index contributed by atoms with van der Waals surface area (Å²) in [5, 5.41) is 2.83. The first-order valence-corrected chi connectivity index (χ1v) is 9.24. The second kappa shape index (κ2) is 5.87. The van der Waals surface area contributed by atoms with Gasteiger partial charge in [0, 0.05) is 19.5 Å². The first-order chi connectivity index (χ1) is 12.2. The number of piperidine rings is 1. The molecule has 1 amide bonds. The maximum Gasteiger partial charge on any atom is 0.256 e. The summed E-state index contributed by atoms with van der Waals surface area (Å²) in [4.78, 5) is 18.9. The topological polar surface area (TPSA) is 54.5 Å². The summed E-state index contributed by atoms with van der Waals surface area (Å²) in [6.07, 6.45) is 1.56. The summed E-state index contributed by atoms with van der Waals surface area (Å²) in [6.45, 7) is 7.75. The highest BCUT2D eigenvalue weighted by Gasteiger charge is 2.68. The van der Waals surface area contributed by atoms with E-state index in [1.807, 2.05) is 13.8 Å². The number of anilines is 1. The van der Waals surface area contributed by atoms with Gasteiger partial charge in [0.05, 0.1) is 35.9 Å². The van der Waals surface area contributed by atoms with Crippen LogP contribution in [0.5, 0.6) is 0 Å². The van der Waals surface area contributed by atoms with Crippen LogP contribution in [-0.2, 0) is 11.3 Å². The molecule has 3 aliphatic rings. The SMILES string of the molecule is Cc1c(N2CCC(OC[C@@]3(C)CC3(F)F)CC2)nc2c(c1C)C(=O)NC2. The third-order valence-electron chi connectivity index (χ3n) is 6.20. The van der Waals surface area contributed by atoms with Gasteiger partial charge >= 0.3 is 0 Å². The van der Waals surface area contributed by atoms with Crippen LogP contribution in [0.1, 0.15) is 53.4 Å². The molecular formula is C19H25F2N3O2. The van der Waals surface area contributed by atoms with Gasteiger partial charge in [0.15, 0.2) is 0 Å². The summed E-state index contributed by atoms with van der Waals surface area (Å²) in [6, 6.07) is 0. The van der Waals surface area contributed by atoms with Crippen LogP contribution in [0.15, 0.2) is 0 Å². The molecule has 142 valence electrons. The maximum atomic E-state index is 13.3. The third kappa shape index (κ3) is 2.76. The zero-order valence-corrected chi connectivity index (χ0v) is 15.5. The largest absolute Gasteiger partial charge is 0.377 e. The lowest BCUT2D eigenvalue weighted by molar-refractivity contribution is -0.0245. The Balaban J connectivity index is 1.40. The van der Waals surface area contributed by atoms with E-state index in [2.05, 4.69) is 10.2 Å². The highest BCUT2D eigenvalue weighted by molar-refractivity contribution is 5.99. The number of nitrogens with one attached hydrogen (secondary N) is 1. The average Bonchev–Trinajstić information content (AvgIpc) is 2.91. The van der Waals surface area contributed by atoms with Gasteiger partial charge in [-0.3, -0.25) is 4.79 Å². The average molecular weight is 365 g/mol. The Kier molecular flexibility index (Phi) is 3.99. The van der Waals surface area contributed by atoms with Crippen LogP contribution in [0.25, 0.3) is 0 Å². The summed E-state index contributed by atoms with van der Waals surface area (Å²) in [7, 11) is 0. The Morgan fingerprint density at radius 2 is 1.92 bits per heavy atom. The minimum atomic E-state index is -2.57. The van der Waals surface area contributed by atoms with Crippen LogP contribution in [0.2, 0.25) is 0 Å². The lowest BCUT2D eigenvalue weighted by Gasteiger charge is -2.34. The highest BCUT2D eigenvalue weighted by atomic mass is 19.3. The van der Waals surface area contributed by atoms with Crippen LogP contribution in [0, 0.1) is 19.3 Å². The Morgan fingerprint density at radius 3 is 2.54 bits per heavy atom. The van der Waals surface area contributed by atoms with Gasteiger partial charge in [-0.2, -0.15) is 0 Å². The van der Waals surface area contributed by atoms with Crippen molar-refractivity contribution < 1.29 is 18.3 Å². The van der Waals surface area contributed by atoms with Crippen LogP contribution >= 0.6 is 0 Å². The molecule has 0 spiro atoms. The molecule has 2 fully saturated rings. The minimum Gasteiger partial charge on any atom is -0.377 e. The Bertz CT molecular complexity index is 760. The molecule has 3 heterocycles. The number of carbonyl (C=O) groups excluding carboxylic acids is 1. The molecule has 7 heteroatoms. The van der Waals surface area contributed by atoms with E-state index in [9.17, 15) is 13.6 Å². The number of carbonyl (C=O) groups is 1. The molecule has 0 radical (unpaired) electrons. The number of fused-ring (bicyclic) bond motifs is 1. The summed E-state index contributed by atoms with van der Waals surface area (Å²) < 4.78 is 32.4. The van der Waals surface area contributed by atoms with Gasteiger partial charge in [-0.15, -0.1) is 0 Å². The molecule has 1 aromatic rings. The zero-order chi connectivity index (χ0) is 18.7. The number of aromatic nitrogens is 1. The fourth-order valence-electron chi connectivity index (χ4n) is 3.97. The molecule has 4 rings (SSSR count). The van der Waals surface area contributed by atoms with Gasteiger partial charge < -0.3 is 15.0 Å². The number of amides is 1. The molecule has 5 nitrogen and oxygen atoms in total. The first kappa shape index (κ1) is 17.6. The molecule has 1 aromatic heterocycles. The van der Waals surface area contributed by atoms with Crippen molar-refractivity contribution >= 4 is 11.7 Å². The van der Waals surface area contributed by atoms with Crippen molar-refractivity contribution in [3.8, 4) is 0 Å². The van der Waals surface area contributed by atoms with Crippen LogP contribution in [-0.4, -0.2) is 42.6 Å². The maximum absolute atomic E-state index is 13.3. The fourth-order valence-corrected chi connectivity index (χ4v) is 3.97. The molecule has 1 aliphatic carbocycles. The highest BCUT2D eigenvalue weighted by Crippen LogP contribution is 2.60. The molecule has 2 aliphatic heterocycles. The van der Waals surface area contributed by atoms with Gasteiger partial charge in [0.25, 0.3) is 11.8 Å². The predicted octanol–water partition coefficient (Wildman–Crippen LogP) is 2.97. The van der Waals surface area contributed by atoms with Gasteiger partial charge in [0.1, 0.15) is 5.82 Å². The lowest BCUT2D eigenvalue weighted by atomic mass is 10.0. The second-order valence-electron chi connectivity index (χ2n) is 8.13. The molecule has 26 heavy (non-hydrogen) atoms. The van der Waals surface area contributed by atoms with Crippen molar-refractivity contribution in [2.45, 2.75) is 58.6 Å². The number of rotatable bonds is 4. The molecule has 0 unspecified atom stereocenters. The van der Waals surface area contributed by atoms with Crippen molar-refractivity contribution in [2.24, 2.45) is 5.41 Å². The number of alkyl halides is 2. The molecular weight excluding hydrogens is 340 g/mol. The molecule has 1 saturated heterocycles. The normalized spacial score (nSPS) is 27.4.